The maximum atomic E-state index is 10.8. The second-order valence-corrected chi connectivity index (χ2v) is 5.85. The van der Waals surface area contributed by atoms with Crippen molar-refractivity contribution in [3.63, 3.8) is 0 Å². The largest absolute Gasteiger partial charge is 0.300 e. The summed E-state index contributed by atoms with van der Waals surface area (Å²) in [7, 11) is 0. The van der Waals surface area contributed by atoms with Gasteiger partial charge in [0, 0.05) is 6.42 Å². The molecule has 0 spiro atoms. The summed E-state index contributed by atoms with van der Waals surface area (Å²) < 4.78 is 0. The Kier molecular flexibility index (Phi) is 3.37. The number of hydrogen-bond donors (Lipinski definition) is 0. The van der Waals surface area contributed by atoms with Gasteiger partial charge in [-0.3, -0.25) is 4.79 Å². The minimum absolute atomic E-state index is 0.142. The average Bonchev–Trinajstić information content (AvgIpc) is 2.30. The second kappa shape index (κ2) is 4.17. The highest BCUT2D eigenvalue weighted by molar-refractivity contribution is 7.11. The van der Waals surface area contributed by atoms with Gasteiger partial charge in [-0.05, 0) is 12.3 Å². The van der Waals surface area contributed by atoms with Crippen LogP contribution >= 0.6 is 11.3 Å². The molecular weight excluding hydrogens is 196 g/mol. The molecule has 1 heterocycles. The summed E-state index contributed by atoms with van der Waals surface area (Å²) in [6.07, 6.45) is 1.34. The van der Waals surface area contributed by atoms with Crippen molar-refractivity contribution in [1.82, 2.24) is 10.2 Å². The van der Waals surface area contributed by atoms with Gasteiger partial charge in [0.1, 0.15) is 15.8 Å². The fraction of sp³-hybridized carbons (Fsp3) is 0.700. The number of carbonyl (C=O) groups is 1. The van der Waals surface area contributed by atoms with Gasteiger partial charge in [0.05, 0.1) is 6.42 Å². The van der Waals surface area contributed by atoms with Crippen LogP contribution in [0, 0.1) is 5.41 Å². The Morgan fingerprint density at radius 2 is 1.86 bits per heavy atom. The molecule has 1 aromatic rings. The van der Waals surface area contributed by atoms with Crippen LogP contribution in [0.15, 0.2) is 0 Å². The Morgan fingerprint density at radius 3 is 2.36 bits per heavy atom. The topological polar surface area (TPSA) is 42.9 Å². The monoisotopic (exact) mass is 212 g/mol. The van der Waals surface area contributed by atoms with Gasteiger partial charge in [0.25, 0.3) is 0 Å². The molecule has 1 rings (SSSR count). The third kappa shape index (κ3) is 3.96. The normalized spacial score (nSPS) is 11.7. The maximum Gasteiger partial charge on any atom is 0.136 e. The third-order valence-electron chi connectivity index (χ3n) is 1.59. The Labute approximate surface area is 88.6 Å². The van der Waals surface area contributed by atoms with Gasteiger partial charge in [-0.25, -0.2) is 0 Å². The molecule has 3 nitrogen and oxygen atoms in total. The summed E-state index contributed by atoms with van der Waals surface area (Å²) in [5.74, 6) is 0.142. The molecule has 1 aromatic heterocycles. The predicted octanol–water partition coefficient (Wildman–Crippen LogP) is 2.26. The van der Waals surface area contributed by atoms with Crippen molar-refractivity contribution in [2.24, 2.45) is 5.41 Å². The highest BCUT2D eigenvalue weighted by atomic mass is 32.1. The van der Waals surface area contributed by atoms with E-state index in [1.54, 1.807) is 18.3 Å². The third-order valence-corrected chi connectivity index (χ3v) is 2.51. The minimum Gasteiger partial charge on any atom is -0.300 e. The highest BCUT2D eigenvalue weighted by Crippen LogP contribution is 2.22. The van der Waals surface area contributed by atoms with Gasteiger partial charge in [-0.2, -0.15) is 0 Å². The van der Waals surface area contributed by atoms with Crippen LogP contribution < -0.4 is 0 Å². The zero-order valence-corrected chi connectivity index (χ0v) is 9.94. The quantitative estimate of drug-likeness (QED) is 0.772. The molecule has 0 N–H and O–H groups in total. The van der Waals surface area contributed by atoms with Crippen LogP contribution in [0.1, 0.15) is 37.7 Å². The van der Waals surface area contributed by atoms with E-state index in [0.717, 1.165) is 16.4 Å². The summed E-state index contributed by atoms with van der Waals surface area (Å²) in [5, 5.41) is 9.91. The van der Waals surface area contributed by atoms with Crippen LogP contribution in [0.4, 0.5) is 0 Å². The van der Waals surface area contributed by atoms with Gasteiger partial charge < -0.3 is 0 Å². The average molecular weight is 212 g/mol. The van der Waals surface area contributed by atoms with Crippen molar-refractivity contribution in [2.75, 3.05) is 0 Å². The van der Waals surface area contributed by atoms with E-state index in [1.807, 2.05) is 0 Å². The molecule has 0 aromatic carbocycles. The molecule has 0 saturated heterocycles. The Hall–Kier alpha value is -0.770. The van der Waals surface area contributed by atoms with Crippen molar-refractivity contribution < 1.29 is 4.79 Å². The first-order valence-electron chi connectivity index (χ1n) is 4.67. The predicted molar refractivity (Wildman–Crippen MR) is 57.5 cm³/mol. The fourth-order valence-electron chi connectivity index (χ4n) is 1.10. The number of nitrogens with zero attached hydrogens (tertiary/aromatic N) is 2. The Bertz CT molecular complexity index is 325. The molecule has 0 aliphatic heterocycles. The van der Waals surface area contributed by atoms with Crippen molar-refractivity contribution in [2.45, 2.75) is 40.5 Å². The SMILES string of the molecule is CC(=O)Cc1nnc(CC(C)(C)C)s1. The first kappa shape index (κ1) is 11.3. The van der Waals surface area contributed by atoms with Crippen molar-refractivity contribution in [1.29, 1.82) is 0 Å². The molecule has 0 aliphatic rings. The first-order valence-corrected chi connectivity index (χ1v) is 5.49. The molecule has 0 fully saturated rings. The van der Waals surface area contributed by atoms with Crippen LogP contribution in [0.25, 0.3) is 0 Å². The zero-order valence-electron chi connectivity index (χ0n) is 9.13. The molecule has 0 amide bonds. The van der Waals surface area contributed by atoms with Gasteiger partial charge in [0.15, 0.2) is 0 Å². The minimum atomic E-state index is 0.142. The van der Waals surface area contributed by atoms with Crippen LogP contribution in [-0.2, 0) is 17.6 Å². The number of rotatable bonds is 3. The number of carbonyl (C=O) groups excluding carboxylic acids is 1. The number of ketones is 1. The second-order valence-electron chi connectivity index (χ2n) is 4.71. The number of hydrogen-bond acceptors (Lipinski definition) is 4. The molecule has 14 heavy (non-hydrogen) atoms. The van der Waals surface area contributed by atoms with Gasteiger partial charge >= 0.3 is 0 Å². The maximum absolute atomic E-state index is 10.8. The summed E-state index contributed by atoms with van der Waals surface area (Å²) >= 11 is 1.55. The lowest BCUT2D eigenvalue weighted by molar-refractivity contribution is -0.116. The Balaban J connectivity index is 2.64. The van der Waals surface area contributed by atoms with Crippen molar-refractivity contribution in [3.8, 4) is 0 Å². The van der Waals surface area contributed by atoms with Crippen LogP contribution in [0.5, 0.6) is 0 Å². The molecule has 0 atom stereocenters. The van der Waals surface area contributed by atoms with Crippen LogP contribution in [0.3, 0.4) is 0 Å². The lowest BCUT2D eigenvalue weighted by atomic mass is 9.93. The molecule has 4 heteroatoms. The first-order chi connectivity index (χ1) is 6.37. The molecule has 0 radical (unpaired) electrons. The summed E-state index contributed by atoms with van der Waals surface area (Å²) in [5.41, 5.74) is 0.229. The van der Waals surface area contributed by atoms with Gasteiger partial charge in [0.2, 0.25) is 0 Å². The molecule has 0 unspecified atom stereocenters. The zero-order chi connectivity index (χ0) is 10.8. The van der Waals surface area contributed by atoms with Gasteiger partial charge in [-0.1, -0.05) is 20.8 Å². The van der Waals surface area contributed by atoms with E-state index < -0.39 is 0 Å². The van der Waals surface area contributed by atoms with E-state index in [1.165, 1.54) is 0 Å². The van der Waals surface area contributed by atoms with E-state index in [9.17, 15) is 4.79 Å². The standard InChI is InChI=1S/C10H16N2OS/c1-7(13)5-8-11-12-9(14-8)6-10(2,3)4/h5-6H2,1-4H3. The van der Waals surface area contributed by atoms with Crippen molar-refractivity contribution in [3.05, 3.63) is 10.0 Å². The van der Waals surface area contributed by atoms with Crippen LogP contribution in [-0.4, -0.2) is 16.0 Å². The van der Waals surface area contributed by atoms with E-state index in [0.29, 0.717) is 6.42 Å². The van der Waals surface area contributed by atoms with Gasteiger partial charge in [-0.15, -0.1) is 21.5 Å². The molecule has 78 valence electrons. The fourth-order valence-corrected chi connectivity index (χ4v) is 2.31. The van der Waals surface area contributed by atoms with E-state index in [4.69, 9.17) is 0 Å². The molecule has 0 saturated carbocycles. The van der Waals surface area contributed by atoms with E-state index in [2.05, 4.69) is 31.0 Å². The van der Waals surface area contributed by atoms with Crippen LogP contribution in [0.2, 0.25) is 0 Å². The lowest BCUT2D eigenvalue weighted by Crippen LogP contribution is -2.08. The van der Waals surface area contributed by atoms with E-state index in [-0.39, 0.29) is 11.2 Å². The highest BCUT2D eigenvalue weighted by Gasteiger charge is 2.15. The Morgan fingerprint density at radius 1 is 1.29 bits per heavy atom. The number of aromatic nitrogens is 2. The molecule has 0 bridgehead atoms. The molecular formula is C10H16N2OS. The smallest absolute Gasteiger partial charge is 0.136 e. The summed E-state index contributed by atoms with van der Waals surface area (Å²) in [6.45, 7) is 8.07. The van der Waals surface area contributed by atoms with E-state index >= 15 is 0 Å². The summed E-state index contributed by atoms with van der Waals surface area (Å²) in [4.78, 5) is 10.8. The summed E-state index contributed by atoms with van der Waals surface area (Å²) in [6, 6.07) is 0. The molecule has 0 aliphatic carbocycles. The van der Waals surface area contributed by atoms with Crippen molar-refractivity contribution >= 4 is 17.1 Å². The lowest BCUT2D eigenvalue weighted by Gasteiger charge is -2.14. The number of Topliss-reactive ketones (excluding diaryl/α,β-unsaturated/α-hetero) is 1.